The minimum Gasteiger partial charge on any atom is -0.445 e. The van der Waals surface area contributed by atoms with Crippen LogP contribution in [-0.2, 0) is 17.8 Å². The summed E-state index contributed by atoms with van der Waals surface area (Å²) in [6.45, 7) is 0.901. The van der Waals surface area contributed by atoms with Crippen molar-refractivity contribution in [2.24, 2.45) is 0 Å². The third-order valence-corrected chi connectivity index (χ3v) is 2.85. The second kappa shape index (κ2) is 7.94. The second-order valence-electron chi connectivity index (χ2n) is 4.45. The van der Waals surface area contributed by atoms with Crippen molar-refractivity contribution < 1.29 is 9.53 Å². The van der Waals surface area contributed by atoms with Crippen molar-refractivity contribution in [1.29, 1.82) is 0 Å². The van der Waals surface area contributed by atoms with Crippen molar-refractivity contribution in [1.82, 2.24) is 10.3 Å². The first-order chi connectivity index (χ1) is 9.84. The smallest absolute Gasteiger partial charge is 0.407 e. The molecular weight excluding hydrogens is 252 g/mol. The van der Waals surface area contributed by atoms with Gasteiger partial charge < -0.3 is 10.1 Å². The predicted molar refractivity (Wildman–Crippen MR) is 77.2 cm³/mol. The summed E-state index contributed by atoms with van der Waals surface area (Å²) in [7, 11) is 0. The first-order valence-corrected chi connectivity index (χ1v) is 6.68. The Kier molecular flexibility index (Phi) is 5.58. The summed E-state index contributed by atoms with van der Waals surface area (Å²) < 4.78 is 5.12. The van der Waals surface area contributed by atoms with E-state index in [1.165, 1.54) is 5.56 Å². The number of benzene rings is 1. The molecule has 1 amide bonds. The zero-order valence-electron chi connectivity index (χ0n) is 11.3. The van der Waals surface area contributed by atoms with Gasteiger partial charge in [0.2, 0.25) is 0 Å². The molecule has 1 N–H and O–H groups in total. The van der Waals surface area contributed by atoms with Crippen LogP contribution in [0.3, 0.4) is 0 Å². The first kappa shape index (κ1) is 14.1. The van der Waals surface area contributed by atoms with Crippen LogP contribution in [0.1, 0.15) is 17.5 Å². The quantitative estimate of drug-likeness (QED) is 0.821. The highest BCUT2D eigenvalue weighted by molar-refractivity contribution is 5.67. The summed E-state index contributed by atoms with van der Waals surface area (Å²) in [4.78, 5) is 15.5. The fraction of sp³-hybridized carbons (Fsp3) is 0.250. The van der Waals surface area contributed by atoms with Gasteiger partial charge in [-0.05, 0) is 30.0 Å². The van der Waals surface area contributed by atoms with Crippen LogP contribution in [0.15, 0.2) is 54.9 Å². The number of carbonyl (C=O) groups is 1. The van der Waals surface area contributed by atoms with Gasteiger partial charge >= 0.3 is 6.09 Å². The Balaban J connectivity index is 1.59. The molecule has 0 radical (unpaired) electrons. The summed E-state index contributed by atoms with van der Waals surface area (Å²) >= 11 is 0. The average Bonchev–Trinajstić information content (AvgIpc) is 2.52. The Bertz CT molecular complexity index is 515. The highest BCUT2D eigenvalue weighted by Crippen LogP contribution is 2.01. The Morgan fingerprint density at radius 3 is 2.65 bits per heavy atom. The number of ether oxygens (including phenoxy) is 1. The minimum absolute atomic E-state index is 0.301. The Morgan fingerprint density at radius 2 is 1.90 bits per heavy atom. The molecule has 1 aromatic heterocycles. The number of aromatic nitrogens is 1. The van der Waals surface area contributed by atoms with Crippen LogP contribution >= 0.6 is 0 Å². The van der Waals surface area contributed by atoms with Gasteiger partial charge in [-0.25, -0.2) is 4.79 Å². The van der Waals surface area contributed by atoms with E-state index in [9.17, 15) is 4.79 Å². The number of rotatable bonds is 6. The molecule has 2 aromatic rings. The van der Waals surface area contributed by atoms with Gasteiger partial charge in [0, 0.05) is 18.9 Å². The van der Waals surface area contributed by atoms with E-state index in [2.05, 4.69) is 10.3 Å². The van der Waals surface area contributed by atoms with E-state index in [4.69, 9.17) is 4.74 Å². The molecule has 1 aromatic carbocycles. The van der Waals surface area contributed by atoms with E-state index in [0.717, 1.165) is 18.4 Å². The van der Waals surface area contributed by atoms with E-state index in [-0.39, 0.29) is 6.09 Å². The molecule has 0 saturated heterocycles. The normalized spacial score (nSPS) is 10.0. The molecule has 0 atom stereocenters. The molecule has 0 fully saturated rings. The number of aryl methyl sites for hydroxylation is 1. The van der Waals surface area contributed by atoms with Crippen LogP contribution in [-0.4, -0.2) is 17.6 Å². The number of amides is 1. The first-order valence-electron chi connectivity index (χ1n) is 6.68. The molecule has 0 bridgehead atoms. The maximum Gasteiger partial charge on any atom is 0.407 e. The SMILES string of the molecule is O=C(NCCCc1cccnc1)OCc1ccccc1. The van der Waals surface area contributed by atoms with Crippen LogP contribution in [0.4, 0.5) is 4.79 Å². The summed E-state index contributed by atoms with van der Waals surface area (Å²) in [5.41, 5.74) is 2.16. The monoisotopic (exact) mass is 270 g/mol. The highest BCUT2D eigenvalue weighted by atomic mass is 16.5. The van der Waals surface area contributed by atoms with E-state index in [1.807, 2.05) is 48.7 Å². The fourth-order valence-electron chi connectivity index (χ4n) is 1.80. The molecule has 20 heavy (non-hydrogen) atoms. The molecule has 0 aliphatic carbocycles. The molecule has 4 heteroatoms. The van der Waals surface area contributed by atoms with E-state index in [0.29, 0.717) is 13.2 Å². The minimum atomic E-state index is -0.375. The molecule has 1 heterocycles. The number of pyridine rings is 1. The van der Waals surface area contributed by atoms with Crippen molar-refractivity contribution in [2.75, 3.05) is 6.54 Å². The summed E-state index contributed by atoms with van der Waals surface area (Å²) in [6.07, 6.45) is 4.98. The summed E-state index contributed by atoms with van der Waals surface area (Å²) in [6, 6.07) is 13.6. The Labute approximate surface area is 118 Å². The number of nitrogens with zero attached hydrogens (tertiary/aromatic N) is 1. The van der Waals surface area contributed by atoms with E-state index >= 15 is 0 Å². The average molecular weight is 270 g/mol. The van der Waals surface area contributed by atoms with Crippen LogP contribution in [0.2, 0.25) is 0 Å². The van der Waals surface area contributed by atoms with Gasteiger partial charge in [-0.15, -0.1) is 0 Å². The Hall–Kier alpha value is -2.36. The number of alkyl carbamates (subject to hydrolysis) is 1. The van der Waals surface area contributed by atoms with Gasteiger partial charge in [-0.2, -0.15) is 0 Å². The third kappa shape index (κ3) is 5.10. The molecule has 0 spiro atoms. The van der Waals surface area contributed by atoms with E-state index in [1.54, 1.807) is 6.20 Å². The van der Waals surface area contributed by atoms with Gasteiger partial charge in [0.1, 0.15) is 6.61 Å². The van der Waals surface area contributed by atoms with Gasteiger partial charge in [-0.1, -0.05) is 36.4 Å². The maximum atomic E-state index is 11.5. The lowest BCUT2D eigenvalue weighted by Gasteiger charge is -2.07. The topological polar surface area (TPSA) is 51.2 Å². The zero-order chi connectivity index (χ0) is 14.0. The van der Waals surface area contributed by atoms with E-state index < -0.39 is 0 Å². The van der Waals surface area contributed by atoms with Gasteiger partial charge in [-0.3, -0.25) is 4.98 Å². The largest absolute Gasteiger partial charge is 0.445 e. The highest BCUT2D eigenvalue weighted by Gasteiger charge is 2.01. The second-order valence-corrected chi connectivity index (χ2v) is 4.45. The zero-order valence-corrected chi connectivity index (χ0v) is 11.3. The molecule has 4 nitrogen and oxygen atoms in total. The van der Waals surface area contributed by atoms with Crippen LogP contribution < -0.4 is 5.32 Å². The lowest BCUT2D eigenvalue weighted by molar-refractivity contribution is 0.139. The van der Waals surface area contributed by atoms with Crippen LogP contribution in [0.25, 0.3) is 0 Å². The van der Waals surface area contributed by atoms with Crippen molar-refractivity contribution in [3.05, 3.63) is 66.0 Å². The summed E-state index contributed by atoms with van der Waals surface area (Å²) in [5.74, 6) is 0. The van der Waals surface area contributed by atoms with Crippen molar-refractivity contribution in [2.45, 2.75) is 19.4 Å². The number of hydrogen-bond donors (Lipinski definition) is 1. The summed E-state index contributed by atoms with van der Waals surface area (Å²) in [5, 5.41) is 2.74. The Morgan fingerprint density at radius 1 is 1.10 bits per heavy atom. The van der Waals surface area contributed by atoms with Gasteiger partial charge in [0.25, 0.3) is 0 Å². The molecule has 104 valence electrons. The lowest BCUT2D eigenvalue weighted by Crippen LogP contribution is -2.25. The van der Waals surface area contributed by atoms with Crippen LogP contribution in [0, 0.1) is 0 Å². The van der Waals surface area contributed by atoms with Crippen molar-refractivity contribution in [3.63, 3.8) is 0 Å². The molecule has 2 rings (SSSR count). The van der Waals surface area contributed by atoms with Crippen LogP contribution in [0.5, 0.6) is 0 Å². The third-order valence-electron chi connectivity index (χ3n) is 2.85. The molecule has 0 saturated carbocycles. The van der Waals surface area contributed by atoms with Crippen molar-refractivity contribution >= 4 is 6.09 Å². The predicted octanol–water partition coefficient (Wildman–Crippen LogP) is 2.94. The molecule has 0 unspecified atom stereocenters. The standard InChI is InChI=1S/C16H18N2O2/c19-16(20-13-15-6-2-1-3-7-15)18-11-5-9-14-8-4-10-17-12-14/h1-4,6-8,10,12H,5,9,11,13H2,(H,18,19). The van der Waals surface area contributed by atoms with Crippen molar-refractivity contribution in [3.8, 4) is 0 Å². The molecular formula is C16H18N2O2. The number of nitrogens with one attached hydrogen (secondary N) is 1. The number of carbonyl (C=O) groups excluding carboxylic acids is 1. The molecule has 0 aliphatic heterocycles. The molecule has 0 aliphatic rings. The maximum absolute atomic E-state index is 11.5. The lowest BCUT2D eigenvalue weighted by atomic mass is 10.2. The fourth-order valence-corrected chi connectivity index (χ4v) is 1.80. The van der Waals surface area contributed by atoms with Gasteiger partial charge in [0.15, 0.2) is 0 Å². The number of hydrogen-bond acceptors (Lipinski definition) is 3. The van der Waals surface area contributed by atoms with Gasteiger partial charge in [0.05, 0.1) is 0 Å².